The quantitative estimate of drug-likeness (QED) is 0.429. The highest BCUT2D eigenvalue weighted by Crippen LogP contribution is 2.29. The summed E-state index contributed by atoms with van der Waals surface area (Å²) in [6.07, 6.45) is 6.29. The summed E-state index contributed by atoms with van der Waals surface area (Å²) < 4.78 is 44.1. The number of hydrogen-bond donors (Lipinski definition) is 2. The molecule has 158 valence electrons. The molecular formula is C22H18F2N4O2S. The van der Waals surface area contributed by atoms with Gasteiger partial charge in [-0.05, 0) is 38.1 Å². The van der Waals surface area contributed by atoms with Crippen LogP contribution in [0.2, 0.25) is 0 Å². The minimum absolute atomic E-state index is 0.0770. The average Bonchev–Trinajstić information content (AvgIpc) is 3.19. The number of nitrogens with one attached hydrogen (secondary N) is 2. The number of anilines is 1. The number of aromatic nitrogens is 3. The highest BCUT2D eigenvalue weighted by atomic mass is 32.2. The Bertz CT molecular complexity index is 1310. The molecule has 3 heterocycles. The highest BCUT2D eigenvalue weighted by molar-refractivity contribution is 7.86. The molecule has 31 heavy (non-hydrogen) atoms. The molecule has 0 fully saturated rings. The van der Waals surface area contributed by atoms with E-state index in [9.17, 15) is 13.4 Å². The first-order valence-electron chi connectivity index (χ1n) is 9.44. The second-order valence-electron chi connectivity index (χ2n) is 7.13. The number of aromatic amines is 1. The molecule has 0 amide bonds. The summed E-state index contributed by atoms with van der Waals surface area (Å²) in [6.45, 7) is 3.38. The van der Waals surface area contributed by atoms with Crippen molar-refractivity contribution in [3.05, 3.63) is 77.9 Å². The topological polar surface area (TPSA) is 87.7 Å². The molecule has 3 aromatic heterocycles. The van der Waals surface area contributed by atoms with Crippen molar-refractivity contribution in [2.24, 2.45) is 0 Å². The maximum atomic E-state index is 15.1. The third-order valence-electron chi connectivity index (χ3n) is 4.73. The van der Waals surface area contributed by atoms with Gasteiger partial charge in [0.05, 0.1) is 11.3 Å². The van der Waals surface area contributed by atoms with Gasteiger partial charge in [-0.2, -0.15) is 0 Å². The number of hydrogen-bond acceptors (Lipinski definition) is 4. The van der Waals surface area contributed by atoms with Gasteiger partial charge in [-0.3, -0.25) is 9.78 Å². The van der Waals surface area contributed by atoms with Crippen molar-refractivity contribution in [1.29, 1.82) is 0 Å². The number of carbonyl (C=O) groups excluding carboxylic acids is 1. The van der Waals surface area contributed by atoms with Gasteiger partial charge in [-0.15, -0.1) is 0 Å². The lowest BCUT2D eigenvalue weighted by molar-refractivity contribution is 0.103. The van der Waals surface area contributed by atoms with E-state index >= 15 is 4.39 Å². The van der Waals surface area contributed by atoms with Crippen LogP contribution in [0, 0.1) is 11.6 Å². The van der Waals surface area contributed by atoms with E-state index in [1.807, 2.05) is 6.07 Å². The molecule has 9 heteroatoms. The van der Waals surface area contributed by atoms with Crippen molar-refractivity contribution in [3.63, 3.8) is 0 Å². The van der Waals surface area contributed by atoms with Crippen LogP contribution in [0.4, 0.5) is 14.5 Å². The van der Waals surface area contributed by atoms with Crippen molar-refractivity contribution in [2.45, 2.75) is 19.1 Å². The normalized spacial score (nSPS) is 12.3. The van der Waals surface area contributed by atoms with Crippen LogP contribution in [0.15, 0.2) is 55.1 Å². The lowest BCUT2D eigenvalue weighted by Crippen LogP contribution is -2.17. The zero-order valence-corrected chi connectivity index (χ0v) is 17.5. The highest BCUT2D eigenvalue weighted by Gasteiger charge is 2.25. The molecule has 4 rings (SSSR count). The van der Waals surface area contributed by atoms with Gasteiger partial charge in [-0.25, -0.2) is 18.0 Å². The Morgan fingerprint density at radius 2 is 1.97 bits per heavy atom. The van der Waals surface area contributed by atoms with E-state index in [2.05, 4.69) is 19.7 Å². The molecule has 0 saturated heterocycles. The van der Waals surface area contributed by atoms with Crippen molar-refractivity contribution in [1.82, 2.24) is 15.0 Å². The van der Waals surface area contributed by atoms with Crippen LogP contribution in [-0.4, -0.2) is 30.2 Å². The van der Waals surface area contributed by atoms with Crippen molar-refractivity contribution in [3.8, 4) is 11.1 Å². The van der Waals surface area contributed by atoms with Crippen LogP contribution < -0.4 is 4.72 Å². The number of carbonyl (C=O) groups is 1. The number of nitrogens with zero attached hydrogens (tertiary/aromatic N) is 2. The Kier molecular flexibility index (Phi) is 5.60. The summed E-state index contributed by atoms with van der Waals surface area (Å²) in [5.41, 5.74) is 1.05. The molecular weight excluding hydrogens is 422 g/mol. The summed E-state index contributed by atoms with van der Waals surface area (Å²) in [7, 11) is -1.59. The second-order valence-corrected chi connectivity index (χ2v) is 8.87. The average molecular weight is 440 g/mol. The number of fused-ring (bicyclic) bond motifs is 1. The largest absolute Gasteiger partial charge is 0.345 e. The fourth-order valence-electron chi connectivity index (χ4n) is 3.08. The Morgan fingerprint density at radius 1 is 1.16 bits per heavy atom. The van der Waals surface area contributed by atoms with Crippen LogP contribution >= 0.6 is 0 Å². The summed E-state index contributed by atoms with van der Waals surface area (Å²) in [5.74, 6) is -2.94. The van der Waals surface area contributed by atoms with E-state index in [0.717, 1.165) is 17.7 Å². The number of benzene rings is 1. The molecule has 2 N–H and O–H groups in total. The minimum atomic E-state index is -1.59. The third-order valence-corrected chi connectivity index (χ3v) is 6.00. The van der Waals surface area contributed by atoms with E-state index in [1.165, 1.54) is 6.20 Å². The van der Waals surface area contributed by atoms with Crippen molar-refractivity contribution >= 4 is 33.5 Å². The molecule has 0 unspecified atom stereocenters. The summed E-state index contributed by atoms with van der Waals surface area (Å²) >= 11 is 0. The van der Waals surface area contributed by atoms with Gasteiger partial charge in [0.15, 0.2) is 5.82 Å². The van der Waals surface area contributed by atoms with Gasteiger partial charge in [0.1, 0.15) is 22.5 Å². The summed E-state index contributed by atoms with van der Waals surface area (Å²) in [6, 6.07) is 7.43. The zero-order chi connectivity index (χ0) is 22.1. The molecule has 0 bridgehead atoms. The van der Waals surface area contributed by atoms with Crippen molar-refractivity contribution in [2.75, 3.05) is 4.72 Å². The predicted octanol–water partition coefficient (Wildman–Crippen LogP) is 4.62. The molecule has 6 nitrogen and oxygen atoms in total. The van der Waals surface area contributed by atoms with Crippen LogP contribution in [-0.2, 0) is 11.0 Å². The molecule has 4 aromatic rings. The number of H-pyrrole nitrogens is 1. The minimum Gasteiger partial charge on any atom is -0.345 e. The van der Waals surface area contributed by atoms with E-state index in [4.69, 9.17) is 0 Å². The molecule has 0 aliphatic carbocycles. The smallest absolute Gasteiger partial charge is 0.201 e. The first-order valence-corrected chi connectivity index (χ1v) is 10.7. The Labute approximate surface area is 179 Å². The number of ketones is 1. The fourth-order valence-corrected chi connectivity index (χ4v) is 3.69. The monoisotopic (exact) mass is 440 g/mol. The van der Waals surface area contributed by atoms with Gasteiger partial charge >= 0.3 is 0 Å². The van der Waals surface area contributed by atoms with E-state index in [1.54, 1.807) is 44.6 Å². The fraction of sp³-hybridized carbons (Fsp3) is 0.136. The first kappa shape index (κ1) is 20.8. The molecule has 0 spiro atoms. The Morgan fingerprint density at radius 3 is 2.68 bits per heavy atom. The van der Waals surface area contributed by atoms with Crippen LogP contribution in [0.1, 0.15) is 29.8 Å². The maximum Gasteiger partial charge on any atom is 0.201 e. The standard InChI is InChI=1S/C22H18F2N4O2S/c1-12(2)31(30)28-18-6-5-17(23)19(20(18)24)21(29)16-11-27-22-15(16)8-14(10-26-22)13-4-3-7-25-9-13/h3-12,28H,1-2H3,(H,26,27)/t31-/m0/s1. The zero-order valence-electron chi connectivity index (χ0n) is 16.6. The lowest BCUT2D eigenvalue weighted by atomic mass is 10.00. The van der Waals surface area contributed by atoms with Gasteiger partial charge in [0, 0.05) is 52.1 Å². The molecule has 0 saturated carbocycles. The Hall–Kier alpha value is -3.46. The third kappa shape index (κ3) is 3.96. The predicted molar refractivity (Wildman–Crippen MR) is 116 cm³/mol. The SMILES string of the molecule is CC(C)[S@](=O)Nc1ccc(F)c(C(=O)c2c[nH]c3ncc(-c4cccnc4)cc23)c1F. The van der Waals surface area contributed by atoms with E-state index in [-0.39, 0.29) is 16.5 Å². The maximum absolute atomic E-state index is 15.1. The summed E-state index contributed by atoms with van der Waals surface area (Å²) in [4.78, 5) is 24.4. The van der Waals surface area contributed by atoms with Gasteiger partial charge < -0.3 is 9.71 Å². The number of pyridine rings is 2. The molecule has 1 atom stereocenters. The lowest BCUT2D eigenvalue weighted by Gasteiger charge is -2.12. The van der Waals surface area contributed by atoms with Crippen molar-refractivity contribution < 1.29 is 17.8 Å². The molecule has 0 radical (unpaired) electrons. The number of rotatable bonds is 6. The molecule has 0 aliphatic heterocycles. The van der Waals surface area contributed by atoms with Gasteiger partial charge in [0.2, 0.25) is 5.78 Å². The molecule has 0 aliphatic rings. The van der Waals surface area contributed by atoms with Gasteiger partial charge in [-0.1, -0.05) is 6.07 Å². The van der Waals surface area contributed by atoms with E-state index < -0.39 is 34.0 Å². The van der Waals surface area contributed by atoms with Crippen LogP contribution in [0.5, 0.6) is 0 Å². The van der Waals surface area contributed by atoms with E-state index in [0.29, 0.717) is 16.6 Å². The molecule has 1 aromatic carbocycles. The number of halogens is 2. The van der Waals surface area contributed by atoms with Crippen LogP contribution in [0.25, 0.3) is 22.2 Å². The second kappa shape index (κ2) is 8.35. The Balaban J connectivity index is 1.79. The van der Waals surface area contributed by atoms with Crippen LogP contribution in [0.3, 0.4) is 0 Å². The summed E-state index contributed by atoms with van der Waals surface area (Å²) in [5, 5.41) is 0.128. The first-order chi connectivity index (χ1) is 14.9. The van der Waals surface area contributed by atoms with Gasteiger partial charge in [0.25, 0.3) is 0 Å².